The Balaban J connectivity index is 0.00000242. The molecule has 1 saturated heterocycles. The fourth-order valence-corrected chi connectivity index (χ4v) is 5.23. The lowest BCUT2D eigenvalue weighted by Gasteiger charge is -2.32. The van der Waals surface area contributed by atoms with Gasteiger partial charge in [0, 0.05) is 17.6 Å². The molecule has 0 radical (unpaired) electrons. The summed E-state index contributed by atoms with van der Waals surface area (Å²) in [6.45, 7) is 2.00. The minimum absolute atomic E-state index is 0. The van der Waals surface area contributed by atoms with Crippen LogP contribution in [0, 0.1) is 5.92 Å². The molecule has 1 aromatic carbocycles. The third-order valence-electron chi connectivity index (χ3n) is 3.73. The standard InChI is InChI=1S/C14H21BrN2O3S.ClH/c1-16-9-11-4-3-7-17(10-11)21(18,19)14-6-5-12(20-2)8-13(14)15;/h5-6,8,11,16H,3-4,7,9-10H2,1-2H3;1H. The summed E-state index contributed by atoms with van der Waals surface area (Å²) in [7, 11) is -0.0110. The van der Waals surface area contributed by atoms with E-state index in [1.165, 1.54) is 0 Å². The number of piperidine rings is 1. The molecule has 0 saturated carbocycles. The summed E-state index contributed by atoms with van der Waals surface area (Å²) in [5, 5.41) is 3.13. The van der Waals surface area contributed by atoms with Crippen LogP contribution in [0.15, 0.2) is 27.6 Å². The first-order valence-electron chi connectivity index (χ1n) is 6.97. The maximum Gasteiger partial charge on any atom is 0.244 e. The normalized spacial score (nSPS) is 19.5. The highest BCUT2D eigenvalue weighted by molar-refractivity contribution is 9.10. The monoisotopic (exact) mass is 412 g/mol. The second-order valence-electron chi connectivity index (χ2n) is 5.23. The topological polar surface area (TPSA) is 58.6 Å². The van der Waals surface area contributed by atoms with E-state index >= 15 is 0 Å². The predicted octanol–water partition coefficient (Wildman–Crippen LogP) is 2.50. The Hall–Kier alpha value is -0.340. The van der Waals surface area contributed by atoms with Gasteiger partial charge in [0.15, 0.2) is 0 Å². The van der Waals surface area contributed by atoms with Gasteiger partial charge in [-0.25, -0.2) is 8.42 Å². The number of nitrogens with one attached hydrogen (secondary N) is 1. The van der Waals surface area contributed by atoms with Crippen LogP contribution in [0.3, 0.4) is 0 Å². The van der Waals surface area contributed by atoms with Crippen molar-refractivity contribution in [2.45, 2.75) is 17.7 Å². The highest BCUT2D eigenvalue weighted by atomic mass is 79.9. The number of sulfonamides is 1. The van der Waals surface area contributed by atoms with Crippen LogP contribution in [-0.2, 0) is 10.0 Å². The van der Waals surface area contributed by atoms with E-state index < -0.39 is 10.0 Å². The molecule has 5 nitrogen and oxygen atoms in total. The number of methoxy groups -OCH3 is 1. The number of hydrogen-bond acceptors (Lipinski definition) is 4. The first-order chi connectivity index (χ1) is 9.98. The smallest absolute Gasteiger partial charge is 0.244 e. The summed E-state index contributed by atoms with van der Waals surface area (Å²) in [5.74, 6) is 1.00. The first-order valence-corrected chi connectivity index (χ1v) is 9.20. The van der Waals surface area contributed by atoms with Gasteiger partial charge in [-0.3, -0.25) is 0 Å². The van der Waals surface area contributed by atoms with Gasteiger partial charge >= 0.3 is 0 Å². The molecule has 22 heavy (non-hydrogen) atoms. The summed E-state index contributed by atoms with van der Waals surface area (Å²) in [6.07, 6.45) is 1.97. The third kappa shape index (κ3) is 4.35. The molecule has 0 aromatic heterocycles. The van der Waals surface area contributed by atoms with Crippen molar-refractivity contribution in [3.8, 4) is 5.75 Å². The van der Waals surface area contributed by atoms with E-state index in [-0.39, 0.29) is 12.4 Å². The van der Waals surface area contributed by atoms with E-state index in [0.29, 0.717) is 34.1 Å². The molecule has 8 heteroatoms. The maximum atomic E-state index is 12.8. The zero-order valence-electron chi connectivity index (χ0n) is 12.7. The van der Waals surface area contributed by atoms with Crippen molar-refractivity contribution in [1.29, 1.82) is 0 Å². The van der Waals surface area contributed by atoms with E-state index in [0.717, 1.165) is 19.4 Å². The first kappa shape index (κ1) is 19.7. The molecule has 0 bridgehead atoms. The molecule has 1 fully saturated rings. The quantitative estimate of drug-likeness (QED) is 0.806. The largest absolute Gasteiger partial charge is 0.497 e. The molecule has 2 rings (SSSR count). The molecular formula is C14H22BrClN2O3S. The van der Waals surface area contributed by atoms with E-state index in [4.69, 9.17) is 4.74 Å². The number of rotatable bonds is 5. The molecule has 1 aliphatic rings. The SMILES string of the molecule is CNCC1CCCN(S(=O)(=O)c2ccc(OC)cc2Br)C1.Cl. The fraction of sp³-hybridized carbons (Fsp3) is 0.571. The van der Waals surface area contributed by atoms with E-state index in [1.54, 1.807) is 29.6 Å². The Morgan fingerprint density at radius 1 is 1.45 bits per heavy atom. The van der Waals surface area contributed by atoms with Crippen molar-refractivity contribution in [2.24, 2.45) is 5.92 Å². The van der Waals surface area contributed by atoms with Gasteiger partial charge in [0.2, 0.25) is 10.0 Å². The summed E-state index contributed by atoms with van der Waals surface area (Å²) in [5.41, 5.74) is 0. The van der Waals surface area contributed by atoms with Gasteiger partial charge in [-0.05, 0) is 66.5 Å². The van der Waals surface area contributed by atoms with Gasteiger partial charge in [0.25, 0.3) is 0 Å². The van der Waals surface area contributed by atoms with Crippen LogP contribution in [0.5, 0.6) is 5.75 Å². The number of ether oxygens (including phenoxy) is 1. The molecule has 1 heterocycles. The molecule has 1 unspecified atom stereocenters. The van der Waals surface area contributed by atoms with Crippen molar-refractivity contribution >= 4 is 38.4 Å². The van der Waals surface area contributed by atoms with E-state index in [1.807, 2.05) is 7.05 Å². The van der Waals surface area contributed by atoms with E-state index in [9.17, 15) is 8.42 Å². The van der Waals surface area contributed by atoms with Crippen LogP contribution < -0.4 is 10.1 Å². The van der Waals surface area contributed by atoms with Crippen molar-refractivity contribution in [2.75, 3.05) is 33.8 Å². The summed E-state index contributed by atoms with van der Waals surface area (Å²) >= 11 is 3.34. The van der Waals surface area contributed by atoms with Gasteiger partial charge in [0.05, 0.1) is 12.0 Å². The second kappa shape index (κ2) is 8.49. The minimum atomic E-state index is -3.47. The molecule has 1 aromatic rings. The summed E-state index contributed by atoms with van der Waals surface area (Å²) < 4.78 is 32.8. The summed E-state index contributed by atoms with van der Waals surface area (Å²) in [6, 6.07) is 4.95. The number of benzene rings is 1. The van der Waals surface area contributed by atoms with Crippen LogP contribution in [0.1, 0.15) is 12.8 Å². The van der Waals surface area contributed by atoms with Gasteiger partial charge < -0.3 is 10.1 Å². The zero-order valence-corrected chi connectivity index (χ0v) is 15.9. The average molecular weight is 414 g/mol. The van der Waals surface area contributed by atoms with Crippen molar-refractivity contribution in [3.05, 3.63) is 22.7 Å². The molecule has 0 spiro atoms. The van der Waals surface area contributed by atoms with Gasteiger partial charge in [-0.2, -0.15) is 4.31 Å². The number of hydrogen-bond donors (Lipinski definition) is 1. The molecule has 1 aliphatic heterocycles. The molecule has 0 aliphatic carbocycles. The summed E-state index contributed by atoms with van der Waals surface area (Å²) in [4.78, 5) is 0.299. The predicted molar refractivity (Wildman–Crippen MR) is 93.4 cm³/mol. The molecule has 0 amide bonds. The van der Waals surface area contributed by atoms with Gasteiger partial charge in [-0.1, -0.05) is 0 Å². The van der Waals surface area contributed by atoms with Crippen LogP contribution in [0.2, 0.25) is 0 Å². The fourth-order valence-electron chi connectivity index (χ4n) is 2.66. The highest BCUT2D eigenvalue weighted by Crippen LogP contribution is 2.31. The maximum absolute atomic E-state index is 12.8. The van der Waals surface area contributed by atoms with Crippen LogP contribution in [0.25, 0.3) is 0 Å². The number of halogens is 2. The van der Waals surface area contributed by atoms with Gasteiger partial charge in [0.1, 0.15) is 5.75 Å². The Morgan fingerprint density at radius 2 is 2.18 bits per heavy atom. The average Bonchev–Trinajstić information content (AvgIpc) is 2.47. The van der Waals surface area contributed by atoms with Crippen molar-refractivity contribution < 1.29 is 13.2 Å². The van der Waals surface area contributed by atoms with Crippen molar-refractivity contribution in [3.63, 3.8) is 0 Å². The molecule has 1 atom stereocenters. The Labute approximate surface area is 147 Å². The molecular weight excluding hydrogens is 392 g/mol. The van der Waals surface area contributed by atoms with Crippen molar-refractivity contribution in [1.82, 2.24) is 9.62 Å². The lowest BCUT2D eigenvalue weighted by molar-refractivity contribution is 0.263. The van der Waals surface area contributed by atoms with Crippen LogP contribution in [-0.4, -0.2) is 46.5 Å². The lowest BCUT2D eigenvalue weighted by Crippen LogP contribution is -2.42. The third-order valence-corrected chi connectivity index (χ3v) is 6.57. The molecule has 126 valence electrons. The highest BCUT2D eigenvalue weighted by Gasteiger charge is 2.31. The van der Waals surface area contributed by atoms with Crippen LogP contribution in [0.4, 0.5) is 0 Å². The Morgan fingerprint density at radius 3 is 2.77 bits per heavy atom. The van der Waals surface area contributed by atoms with Gasteiger partial charge in [-0.15, -0.1) is 12.4 Å². The molecule has 1 N–H and O–H groups in total. The minimum Gasteiger partial charge on any atom is -0.497 e. The zero-order chi connectivity index (χ0) is 15.5. The number of nitrogens with zero attached hydrogens (tertiary/aromatic N) is 1. The second-order valence-corrected chi connectivity index (χ2v) is 7.99. The van der Waals surface area contributed by atoms with E-state index in [2.05, 4.69) is 21.2 Å². The Kier molecular flexibility index (Phi) is 7.61. The Bertz CT molecular complexity index is 596. The van der Waals surface area contributed by atoms with Crippen LogP contribution >= 0.6 is 28.3 Å². The lowest BCUT2D eigenvalue weighted by atomic mass is 10.00.